The van der Waals surface area contributed by atoms with E-state index in [1.807, 2.05) is 30.3 Å². The summed E-state index contributed by atoms with van der Waals surface area (Å²) in [4.78, 5) is 44.4. The number of anilines is 2. The lowest BCUT2D eigenvalue weighted by Crippen LogP contribution is -2.31. The summed E-state index contributed by atoms with van der Waals surface area (Å²) in [6, 6.07) is 29.1. The molecule has 3 amide bonds. The Balaban J connectivity index is 1.33. The highest BCUT2D eigenvalue weighted by molar-refractivity contribution is 9.10. The highest BCUT2D eigenvalue weighted by Gasteiger charge is 2.23. The number of amides is 3. The van der Waals surface area contributed by atoms with Gasteiger partial charge in [-0.1, -0.05) is 70.5 Å². The van der Waals surface area contributed by atoms with Crippen molar-refractivity contribution in [2.75, 3.05) is 10.6 Å². The Labute approximate surface area is 269 Å². The largest absolute Gasteiger partial charge is 0.321 e. The van der Waals surface area contributed by atoms with Gasteiger partial charge in [-0.15, -0.1) is 23.1 Å². The maximum absolute atomic E-state index is 14.3. The number of hydrogen-bond acceptors (Lipinski definition) is 6. The number of thioether (sulfide) groups is 1. The first kappa shape index (κ1) is 30.9. The maximum atomic E-state index is 14.3. The Bertz CT molecular complexity index is 1780. The number of halogens is 2. The summed E-state index contributed by atoms with van der Waals surface area (Å²) in [5, 5.41) is 9.97. The normalized spacial score (nSPS) is 11.8. The van der Waals surface area contributed by atoms with E-state index in [4.69, 9.17) is 0 Å². The van der Waals surface area contributed by atoms with Crippen molar-refractivity contribution in [2.24, 2.45) is 0 Å². The van der Waals surface area contributed by atoms with Gasteiger partial charge in [-0.25, -0.2) is 9.37 Å². The van der Waals surface area contributed by atoms with Crippen LogP contribution in [0, 0.1) is 5.82 Å². The second-order valence-corrected chi connectivity index (χ2v) is 12.2. The number of benzene rings is 4. The monoisotopic (exact) mass is 686 g/mol. The topological polar surface area (TPSA) is 100 Å². The van der Waals surface area contributed by atoms with E-state index in [9.17, 15) is 18.8 Å². The second-order valence-electron chi connectivity index (χ2n) is 9.26. The zero-order valence-corrected chi connectivity index (χ0v) is 26.1. The van der Waals surface area contributed by atoms with Gasteiger partial charge in [0.2, 0.25) is 5.91 Å². The number of aromatic nitrogens is 1. The first-order valence-corrected chi connectivity index (χ1v) is 15.8. The summed E-state index contributed by atoms with van der Waals surface area (Å²) in [6.07, 6.45) is 3.14. The van der Waals surface area contributed by atoms with Gasteiger partial charge in [-0.05, 0) is 65.7 Å². The van der Waals surface area contributed by atoms with E-state index in [1.54, 1.807) is 66.2 Å². The summed E-state index contributed by atoms with van der Waals surface area (Å²) < 4.78 is 15.1. The SMILES string of the molecule is O=C(Nc1ccc(S[C@@H](C(=O)Nc2nccs2)c2ccccc2)cc1)/C(=C/c1ccc(Br)cc1)NC(=O)c1ccccc1F. The van der Waals surface area contributed by atoms with E-state index in [-0.39, 0.29) is 17.2 Å². The molecule has 0 saturated heterocycles. The van der Waals surface area contributed by atoms with Crippen LogP contribution in [0.4, 0.5) is 15.2 Å². The second kappa shape index (κ2) is 14.7. The van der Waals surface area contributed by atoms with Crippen molar-refractivity contribution in [2.45, 2.75) is 10.1 Å². The van der Waals surface area contributed by atoms with Crippen LogP contribution in [0.5, 0.6) is 0 Å². The van der Waals surface area contributed by atoms with Crippen LogP contribution in [0.25, 0.3) is 6.08 Å². The van der Waals surface area contributed by atoms with Gasteiger partial charge >= 0.3 is 0 Å². The van der Waals surface area contributed by atoms with Gasteiger partial charge in [0, 0.05) is 26.6 Å². The minimum Gasteiger partial charge on any atom is -0.321 e. The number of rotatable bonds is 10. The van der Waals surface area contributed by atoms with Crippen molar-refractivity contribution in [3.8, 4) is 0 Å². The smallest absolute Gasteiger partial charge is 0.272 e. The van der Waals surface area contributed by atoms with Crippen LogP contribution in [0.3, 0.4) is 0 Å². The summed E-state index contributed by atoms with van der Waals surface area (Å²) in [5.41, 5.74) is 1.70. The molecular weight excluding hydrogens is 663 g/mol. The van der Waals surface area contributed by atoms with Crippen LogP contribution >= 0.6 is 39.0 Å². The third kappa shape index (κ3) is 8.28. The van der Waals surface area contributed by atoms with Crippen molar-refractivity contribution < 1.29 is 18.8 Å². The molecule has 4 aromatic carbocycles. The fourth-order valence-electron chi connectivity index (χ4n) is 4.03. The summed E-state index contributed by atoms with van der Waals surface area (Å²) in [6.45, 7) is 0. The van der Waals surface area contributed by atoms with Gasteiger partial charge in [-0.3, -0.25) is 14.4 Å². The van der Waals surface area contributed by atoms with E-state index in [0.717, 1.165) is 14.9 Å². The van der Waals surface area contributed by atoms with Gasteiger partial charge in [0.1, 0.15) is 16.8 Å². The first-order valence-electron chi connectivity index (χ1n) is 13.2. The summed E-state index contributed by atoms with van der Waals surface area (Å²) in [5.74, 6) is -2.25. The average molecular weight is 688 g/mol. The van der Waals surface area contributed by atoms with Crippen LogP contribution < -0.4 is 16.0 Å². The predicted molar refractivity (Wildman–Crippen MR) is 177 cm³/mol. The first-order chi connectivity index (χ1) is 21.4. The van der Waals surface area contributed by atoms with Gasteiger partial charge in [0.05, 0.1) is 5.56 Å². The standard InChI is InChI=1S/C33H24BrFN4O3S2/c34-23-12-10-21(11-13-23)20-28(38-30(40)26-8-4-5-9-27(26)35)31(41)37-24-14-16-25(17-15-24)44-29(22-6-2-1-3-7-22)32(42)39-33-36-18-19-43-33/h1-20,29H,(H,37,41)(H,38,40)(H,36,39,42)/b28-20-/t29-/m1/s1. The quantitative estimate of drug-likeness (QED) is 0.102. The van der Waals surface area contributed by atoms with Crippen molar-refractivity contribution >= 4 is 73.6 Å². The molecule has 11 heteroatoms. The highest BCUT2D eigenvalue weighted by Crippen LogP contribution is 2.37. The van der Waals surface area contributed by atoms with Crippen LogP contribution in [-0.2, 0) is 9.59 Å². The molecule has 44 heavy (non-hydrogen) atoms. The zero-order chi connectivity index (χ0) is 30.9. The number of thiazole rings is 1. The van der Waals surface area contributed by atoms with E-state index < -0.39 is 22.9 Å². The lowest BCUT2D eigenvalue weighted by molar-refractivity contribution is -0.116. The molecule has 0 saturated carbocycles. The van der Waals surface area contributed by atoms with Crippen molar-refractivity contribution in [3.63, 3.8) is 0 Å². The van der Waals surface area contributed by atoms with Crippen molar-refractivity contribution in [3.05, 3.63) is 147 Å². The zero-order valence-electron chi connectivity index (χ0n) is 22.9. The minimum atomic E-state index is -0.753. The minimum absolute atomic E-state index is 0.0676. The molecule has 1 aromatic heterocycles. The van der Waals surface area contributed by atoms with Crippen LogP contribution in [0.1, 0.15) is 26.7 Å². The van der Waals surface area contributed by atoms with E-state index in [2.05, 4.69) is 36.9 Å². The Morgan fingerprint density at radius 1 is 0.864 bits per heavy atom. The molecular formula is C33H24BrFN4O3S2. The predicted octanol–water partition coefficient (Wildman–Crippen LogP) is 7.93. The highest BCUT2D eigenvalue weighted by atomic mass is 79.9. The molecule has 1 heterocycles. The lowest BCUT2D eigenvalue weighted by atomic mass is 10.1. The summed E-state index contributed by atoms with van der Waals surface area (Å²) >= 11 is 6.08. The van der Waals surface area contributed by atoms with Crippen LogP contribution in [0.2, 0.25) is 0 Å². The van der Waals surface area contributed by atoms with E-state index in [1.165, 1.54) is 47.4 Å². The number of carbonyl (C=O) groups excluding carboxylic acids is 3. The van der Waals surface area contributed by atoms with E-state index >= 15 is 0 Å². The Morgan fingerprint density at radius 2 is 1.57 bits per heavy atom. The maximum Gasteiger partial charge on any atom is 0.272 e. The molecule has 3 N–H and O–H groups in total. The molecule has 0 radical (unpaired) electrons. The molecule has 1 atom stereocenters. The third-order valence-corrected chi connectivity index (χ3v) is 8.64. The molecule has 0 fully saturated rings. The Hall–Kier alpha value is -4.58. The molecule has 5 rings (SSSR count). The molecule has 5 aromatic rings. The molecule has 7 nitrogen and oxygen atoms in total. The van der Waals surface area contributed by atoms with Gasteiger partial charge in [0.15, 0.2) is 5.13 Å². The van der Waals surface area contributed by atoms with Crippen molar-refractivity contribution in [1.29, 1.82) is 0 Å². The molecule has 0 aliphatic heterocycles. The number of nitrogens with zero attached hydrogens (tertiary/aromatic N) is 1. The van der Waals surface area contributed by atoms with Crippen LogP contribution in [0.15, 0.2) is 130 Å². The molecule has 0 aliphatic rings. The van der Waals surface area contributed by atoms with Gasteiger partial charge < -0.3 is 16.0 Å². The molecule has 0 spiro atoms. The molecule has 0 bridgehead atoms. The lowest BCUT2D eigenvalue weighted by Gasteiger charge is -2.16. The fourth-order valence-corrected chi connectivity index (χ4v) is 5.85. The average Bonchev–Trinajstić information content (AvgIpc) is 3.55. The van der Waals surface area contributed by atoms with Crippen molar-refractivity contribution in [1.82, 2.24) is 10.3 Å². The molecule has 0 aliphatic carbocycles. The molecule has 220 valence electrons. The van der Waals surface area contributed by atoms with E-state index in [0.29, 0.717) is 16.4 Å². The Kier molecular flexibility index (Phi) is 10.3. The van der Waals surface area contributed by atoms with Gasteiger partial charge in [0.25, 0.3) is 11.8 Å². The number of nitrogens with one attached hydrogen (secondary N) is 3. The molecule has 0 unspecified atom stereocenters. The number of hydrogen-bond donors (Lipinski definition) is 3. The third-order valence-electron chi connectivity index (χ3n) is 6.16. The summed E-state index contributed by atoms with van der Waals surface area (Å²) in [7, 11) is 0. The Morgan fingerprint density at radius 3 is 2.25 bits per heavy atom. The van der Waals surface area contributed by atoms with Crippen LogP contribution in [-0.4, -0.2) is 22.7 Å². The fraction of sp³-hybridized carbons (Fsp3) is 0.0303. The number of carbonyl (C=O) groups is 3. The van der Waals surface area contributed by atoms with Gasteiger partial charge in [-0.2, -0.15) is 0 Å².